The van der Waals surface area contributed by atoms with Crippen LogP contribution in [0.15, 0.2) is 22.8 Å². The van der Waals surface area contributed by atoms with Crippen LogP contribution in [0.1, 0.15) is 53.4 Å². The molecule has 1 aliphatic heterocycles. The first-order chi connectivity index (χ1) is 10.3. The summed E-state index contributed by atoms with van der Waals surface area (Å²) in [5, 5.41) is 11.6. The second-order valence-electron chi connectivity index (χ2n) is 8.37. The lowest BCUT2D eigenvalue weighted by Crippen LogP contribution is -2.51. The third-order valence-corrected chi connectivity index (χ3v) is 6.93. The third-order valence-electron chi connectivity index (χ3n) is 6.93. The van der Waals surface area contributed by atoms with Crippen molar-refractivity contribution in [1.29, 1.82) is 0 Å². The number of fused-ring (bicyclic) bond motifs is 2. The van der Waals surface area contributed by atoms with Gasteiger partial charge in [-0.3, -0.25) is 0 Å². The van der Waals surface area contributed by atoms with Crippen molar-refractivity contribution in [3.8, 4) is 0 Å². The molecule has 0 aromatic heterocycles. The van der Waals surface area contributed by atoms with Crippen molar-refractivity contribution in [2.24, 2.45) is 29.1 Å². The fourth-order valence-electron chi connectivity index (χ4n) is 5.73. The zero-order chi connectivity index (χ0) is 15.9. The Morgan fingerprint density at radius 2 is 2.05 bits per heavy atom. The average molecular weight is 302 g/mol. The first-order valence-electron chi connectivity index (χ1n) is 8.65. The molecule has 22 heavy (non-hydrogen) atoms. The highest BCUT2D eigenvalue weighted by Crippen LogP contribution is 2.63. The van der Waals surface area contributed by atoms with E-state index in [0.717, 1.165) is 36.8 Å². The normalized spacial score (nSPS) is 50.2. The van der Waals surface area contributed by atoms with Gasteiger partial charge in [0.1, 0.15) is 0 Å². The highest BCUT2D eigenvalue weighted by Gasteiger charge is 2.66. The molecule has 0 bridgehead atoms. The summed E-state index contributed by atoms with van der Waals surface area (Å²) in [5.74, 6) is -0.411. The lowest BCUT2D eigenvalue weighted by atomic mass is 9.66. The average Bonchev–Trinajstić information content (AvgIpc) is 2.86. The summed E-state index contributed by atoms with van der Waals surface area (Å²) in [6.07, 6.45) is 6.28. The SMILES string of the molecule is CC1=C[C@H]2C[C@H](C)[C@H]3CC[C@H](C)C4=C3[C@](O)(OC4=O)[C@@]2(C)C1. The summed E-state index contributed by atoms with van der Waals surface area (Å²) in [6, 6.07) is 0. The smallest absolute Gasteiger partial charge is 0.337 e. The summed E-state index contributed by atoms with van der Waals surface area (Å²) in [7, 11) is 0. The van der Waals surface area contributed by atoms with Crippen LogP contribution in [0.4, 0.5) is 0 Å². The topological polar surface area (TPSA) is 46.5 Å². The fourth-order valence-corrected chi connectivity index (χ4v) is 5.73. The predicted octanol–water partition coefficient (Wildman–Crippen LogP) is 3.59. The van der Waals surface area contributed by atoms with Crippen molar-refractivity contribution >= 4 is 5.97 Å². The number of allylic oxidation sites excluding steroid dienone is 2. The third kappa shape index (κ3) is 1.53. The molecule has 3 nitrogen and oxygen atoms in total. The Bertz CT molecular complexity index is 616. The van der Waals surface area contributed by atoms with Gasteiger partial charge in [-0.2, -0.15) is 0 Å². The van der Waals surface area contributed by atoms with Crippen molar-refractivity contribution < 1.29 is 14.6 Å². The molecule has 4 aliphatic rings. The standard InChI is InChI=1S/C19H26O3/c1-10-7-13-8-12(3)14-6-5-11(2)15-16(14)19(21,22-17(15)20)18(13,4)9-10/h7,11-14,21H,5-6,8-9H2,1-4H3/t11-,12-,13-,14+,18-,19-/m0/s1. The monoisotopic (exact) mass is 302 g/mol. The van der Waals surface area contributed by atoms with E-state index in [1.54, 1.807) is 0 Å². The molecule has 0 spiro atoms. The Labute approximate surface area is 132 Å². The lowest BCUT2D eigenvalue weighted by Gasteiger charge is -2.43. The van der Waals surface area contributed by atoms with Gasteiger partial charge in [-0.15, -0.1) is 0 Å². The van der Waals surface area contributed by atoms with Gasteiger partial charge in [0.05, 0.1) is 0 Å². The molecule has 1 fully saturated rings. The van der Waals surface area contributed by atoms with Crippen LogP contribution in [-0.2, 0) is 9.53 Å². The van der Waals surface area contributed by atoms with E-state index in [9.17, 15) is 9.90 Å². The Kier molecular flexibility index (Phi) is 2.80. The minimum atomic E-state index is -1.40. The number of hydrogen-bond acceptors (Lipinski definition) is 3. The van der Waals surface area contributed by atoms with E-state index in [0.29, 0.717) is 11.8 Å². The highest BCUT2D eigenvalue weighted by atomic mass is 16.7. The van der Waals surface area contributed by atoms with Crippen LogP contribution in [0, 0.1) is 29.1 Å². The molecule has 0 unspecified atom stereocenters. The second kappa shape index (κ2) is 4.25. The molecule has 4 rings (SSSR count). The van der Waals surface area contributed by atoms with Crippen molar-refractivity contribution in [1.82, 2.24) is 0 Å². The van der Waals surface area contributed by atoms with Gasteiger partial charge in [0, 0.05) is 16.6 Å². The molecule has 0 amide bonds. The molecule has 0 radical (unpaired) electrons. The van der Waals surface area contributed by atoms with E-state index < -0.39 is 11.2 Å². The zero-order valence-corrected chi connectivity index (χ0v) is 14.0. The number of aliphatic hydroxyl groups is 1. The van der Waals surface area contributed by atoms with Crippen LogP contribution < -0.4 is 0 Å². The van der Waals surface area contributed by atoms with Crippen LogP contribution in [-0.4, -0.2) is 16.9 Å². The maximum absolute atomic E-state index is 12.5. The first-order valence-corrected chi connectivity index (χ1v) is 8.65. The summed E-state index contributed by atoms with van der Waals surface area (Å²) >= 11 is 0. The number of carbonyl (C=O) groups is 1. The van der Waals surface area contributed by atoms with E-state index in [4.69, 9.17) is 4.74 Å². The minimum absolute atomic E-state index is 0.204. The Hall–Kier alpha value is -1.09. The van der Waals surface area contributed by atoms with E-state index >= 15 is 0 Å². The van der Waals surface area contributed by atoms with Gasteiger partial charge in [-0.1, -0.05) is 32.4 Å². The molecule has 120 valence electrons. The zero-order valence-electron chi connectivity index (χ0n) is 14.0. The largest absolute Gasteiger partial charge is 0.425 e. The second-order valence-corrected chi connectivity index (χ2v) is 8.37. The number of hydrogen-bond donors (Lipinski definition) is 1. The minimum Gasteiger partial charge on any atom is -0.425 e. The van der Waals surface area contributed by atoms with Gasteiger partial charge in [-0.25, -0.2) is 4.79 Å². The van der Waals surface area contributed by atoms with E-state index in [1.165, 1.54) is 5.57 Å². The molecule has 1 heterocycles. The van der Waals surface area contributed by atoms with Crippen molar-refractivity contribution in [2.45, 2.75) is 59.2 Å². The quantitative estimate of drug-likeness (QED) is 0.549. The molecule has 3 aliphatic carbocycles. The molecular weight excluding hydrogens is 276 g/mol. The Morgan fingerprint density at radius 1 is 1.32 bits per heavy atom. The van der Waals surface area contributed by atoms with Crippen molar-refractivity contribution in [2.75, 3.05) is 0 Å². The molecule has 0 aromatic rings. The number of rotatable bonds is 0. The molecule has 1 saturated carbocycles. The summed E-state index contributed by atoms with van der Waals surface area (Å²) in [6.45, 7) is 8.62. The summed E-state index contributed by atoms with van der Waals surface area (Å²) in [5.41, 5.74) is 2.62. The van der Waals surface area contributed by atoms with E-state index in [2.05, 4.69) is 33.8 Å². The number of esters is 1. The van der Waals surface area contributed by atoms with E-state index in [-0.39, 0.29) is 17.8 Å². The molecule has 0 saturated heterocycles. The van der Waals surface area contributed by atoms with Crippen LogP contribution in [0.2, 0.25) is 0 Å². The lowest BCUT2D eigenvalue weighted by molar-refractivity contribution is -0.231. The van der Waals surface area contributed by atoms with Crippen LogP contribution in [0.25, 0.3) is 0 Å². The molecule has 1 N–H and O–H groups in total. The van der Waals surface area contributed by atoms with Gasteiger partial charge in [0.2, 0.25) is 5.79 Å². The number of carbonyl (C=O) groups excluding carboxylic acids is 1. The van der Waals surface area contributed by atoms with Crippen molar-refractivity contribution in [3.63, 3.8) is 0 Å². The first kappa shape index (κ1) is 14.5. The Balaban J connectivity index is 1.95. The molecular formula is C19H26O3. The van der Waals surface area contributed by atoms with Crippen LogP contribution in [0.3, 0.4) is 0 Å². The van der Waals surface area contributed by atoms with Crippen LogP contribution in [0.5, 0.6) is 0 Å². The Morgan fingerprint density at radius 3 is 2.77 bits per heavy atom. The van der Waals surface area contributed by atoms with Gasteiger partial charge < -0.3 is 9.84 Å². The number of ether oxygens (including phenoxy) is 1. The van der Waals surface area contributed by atoms with Gasteiger partial charge in [-0.05, 0) is 56.3 Å². The summed E-state index contributed by atoms with van der Waals surface area (Å²) in [4.78, 5) is 12.5. The molecule has 3 heteroatoms. The van der Waals surface area contributed by atoms with Gasteiger partial charge in [0.25, 0.3) is 0 Å². The maximum atomic E-state index is 12.5. The van der Waals surface area contributed by atoms with Gasteiger partial charge >= 0.3 is 5.97 Å². The molecule has 6 atom stereocenters. The van der Waals surface area contributed by atoms with E-state index in [1.807, 2.05) is 0 Å². The summed E-state index contributed by atoms with van der Waals surface area (Å²) < 4.78 is 5.74. The highest BCUT2D eigenvalue weighted by molar-refractivity contribution is 5.94. The maximum Gasteiger partial charge on any atom is 0.337 e. The fraction of sp³-hybridized carbons (Fsp3) is 0.737. The molecule has 0 aromatic carbocycles. The van der Waals surface area contributed by atoms with Crippen molar-refractivity contribution in [3.05, 3.63) is 22.8 Å². The predicted molar refractivity (Wildman–Crippen MR) is 83.7 cm³/mol. The van der Waals surface area contributed by atoms with Gasteiger partial charge in [0.15, 0.2) is 0 Å². The van der Waals surface area contributed by atoms with Crippen LogP contribution >= 0.6 is 0 Å².